The number of nitrogens with zero attached hydrogens (tertiary/aromatic N) is 1. The summed E-state index contributed by atoms with van der Waals surface area (Å²) in [4.78, 5) is 21.9. The second kappa shape index (κ2) is 5.43. The largest absolute Gasteiger partial charge is 0.487 e. The van der Waals surface area contributed by atoms with E-state index in [4.69, 9.17) is 4.74 Å². The summed E-state index contributed by atoms with van der Waals surface area (Å²) in [5, 5.41) is 11.0. The SMILES string of the molecule is CCOc1cc(C(C)=O)cc(CC)c1[N+](=O)[O-]. The van der Waals surface area contributed by atoms with Gasteiger partial charge in [-0.25, -0.2) is 0 Å². The van der Waals surface area contributed by atoms with Crippen LogP contribution in [0.25, 0.3) is 0 Å². The van der Waals surface area contributed by atoms with E-state index in [1.165, 1.54) is 13.0 Å². The van der Waals surface area contributed by atoms with Crippen molar-refractivity contribution >= 4 is 11.5 Å². The number of nitro benzene ring substituents is 1. The average Bonchev–Trinajstić information content (AvgIpc) is 2.27. The van der Waals surface area contributed by atoms with Crippen molar-refractivity contribution in [2.45, 2.75) is 27.2 Å². The predicted octanol–water partition coefficient (Wildman–Crippen LogP) is 2.76. The Labute approximate surface area is 99.5 Å². The molecule has 0 aliphatic heterocycles. The molecule has 0 aromatic heterocycles. The van der Waals surface area contributed by atoms with Gasteiger partial charge in [0.05, 0.1) is 11.5 Å². The molecule has 0 atom stereocenters. The van der Waals surface area contributed by atoms with E-state index < -0.39 is 4.92 Å². The van der Waals surface area contributed by atoms with Crippen molar-refractivity contribution in [3.05, 3.63) is 33.4 Å². The van der Waals surface area contributed by atoms with Crippen molar-refractivity contribution in [2.24, 2.45) is 0 Å². The molecule has 1 rings (SSSR count). The lowest BCUT2D eigenvalue weighted by molar-refractivity contribution is -0.386. The highest BCUT2D eigenvalue weighted by molar-refractivity contribution is 5.95. The maximum atomic E-state index is 11.3. The zero-order valence-electron chi connectivity index (χ0n) is 10.1. The molecular formula is C12H15NO4. The third kappa shape index (κ3) is 2.81. The van der Waals surface area contributed by atoms with Crippen LogP contribution in [-0.2, 0) is 6.42 Å². The number of benzene rings is 1. The molecule has 0 spiro atoms. The number of hydrogen-bond acceptors (Lipinski definition) is 4. The Morgan fingerprint density at radius 1 is 1.41 bits per heavy atom. The number of hydrogen-bond donors (Lipinski definition) is 0. The number of ketones is 1. The van der Waals surface area contributed by atoms with E-state index in [-0.39, 0.29) is 17.2 Å². The third-order valence-electron chi connectivity index (χ3n) is 2.42. The quantitative estimate of drug-likeness (QED) is 0.448. The van der Waals surface area contributed by atoms with Gasteiger partial charge in [0.2, 0.25) is 0 Å². The maximum absolute atomic E-state index is 11.3. The Hall–Kier alpha value is -1.91. The van der Waals surface area contributed by atoms with E-state index >= 15 is 0 Å². The molecule has 0 aliphatic rings. The predicted molar refractivity (Wildman–Crippen MR) is 63.6 cm³/mol. The fourth-order valence-corrected chi connectivity index (χ4v) is 1.61. The van der Waals surface area contributed by atoms with Crippen LogP contribution in [0.2, 0.25) is 0 Å². The van der Waals surface area contributed by atoms with Gasteiger partial charge in [0, 0.05) is 11.1 Å². The van der Waals surface area contributed by atoms with E-state index in [1.807, 2.05) is 6.92 Å². The van der Waals surface area contributed by atoms with E-state index in [0.29, 0.717) is 24.2 Å². The molecule has 1 aromatic rings. The van der Waals surface area contributed by atoms with Crippen LogP contribution in [0.15, 0.2) is 12.1 Å². The van der Waals surface area contributed by atoms with Gasteiger partial charge in [-0.15, -0.1) is 0 Å². The van der Waals surface area contributed by atoms with E-state index in [0.717, 1.165) is 0 Å². The second-order valence-electron chi connectivity index (χ2n) is 3.58. The molecule has 0 aliphatic carbocycles. The number of carbonyl (C=O) groups excluding carboxylic acids is 1. The summed E-state index contributed by atoms with van der Waals surface area (Å²) in [6, 6.07) is 2.99. The van der Waals surface area contributed by atoms with Gasteiger partial charge >= 0.3 is 5.69 Å². The van der Waals surface area contributed by atoms with Crippen molar-refractivity contribution in [3.8, 4) is 5.75 Å². The lowest BCUT2D eigenvalue weighted by Gasteiger charge is -2.09. The zero-order chi connectivity index (χ0) is 13.0. The summed E-state index contributed by atoms with van der Waals surface area (Å²) in [5.74, 6) is 0.0394. The van der Waals surface area contributed by atoms with Gasteiger partial charge in [-0.2, -0.15) is 0 Å². The van der Waals surface area contributed by atoms with E-state index in [2.05, 4.69) is 0 Å². The molecule has 0 saturated carbocycles. The van der Waals surface area contributed by atoms with E-state index in [9.17, 15) is 14.9 Å². The second-order valence-corrected chi connectivity index (χ2v) is 3.58. The molecule has 0 N–H and O–H groups in total. The van der Waals surface area contributed by atoms with Crippen LogP contribution in [0.4, 0.5) is 5.69 Å². The highest BCUT2D eigenvalue weighted by atomic mass is 16.6. The fraction of sp³-hybridized carbons (Fsp3) is 0.417. The number of carbonyl (C=O) groups is 1. The van der Waals surface area contributed by atoms with Crippen molar-refractivity contribution in [1.82, 2.24) is 0 Å². The molecule has 0 heterocycles. The van der Waals surface area contributed by atoms with E-state index in [1.54, 1.807) is 13.0 Å². The van der Waals surface area contributed by atoms with Crippen LogP contribution < -0.4 is 4.74 Å². The summed E-state index contributed by atoms with van der Waals surface area (Å²) in [5.41, 5.74) is 0.918. The Morgan fingerprint density at radius 3 is 2.47 bits per heavy atom. The van der Waals surface area contributed by atoms with Crippen LogP contribution in [0.3, 0.4) is 0 Å². The summed E-state index contributed by atoms with van der Waals surface area (Å²) >= 11 is 0. The Morgan fingerprint density at radius 2 is 2.06 bits per heavy atom. The Kier molecular flexibility index (Phi) is 4.20. The molecule has 0 fully saturated rings. The van der Waals surface area contributed by atoms with Crippen LogP contribution >= 0.6 is 0 Å². The van der Waals surface area contributed by atoms with Crippen LogP contribution in [-0.4, -0.2) is 17.3 Å². The van der Waals surface area contributed by atoms with Crippen molar-refractivity contribution < 1.29 is 14.5 Å². The van der Waals surface area contributed by atoms with Gasteiger partial charge in [0.25, 0.3) is 0 Å². The lowest BCUT2D eigenvalue weighted by Crippen LogP contribution is -2.04. The number of ether oxygens (including phenoxy) is 1. The zero-order valence-corrected chi connectivity index (χ0v) is 10.1. The first-order chi connectivity index (χ1) is 8.01. The third-order valence-corrected chi connectivity index (χ3v) is 2.42. The van der Waals surface area contributed by atoms with Gasteiger partial charge in [0.15, 0.2) is 11.5 Å². The van der Waals surface area contributed by atoms with Gasteiger partial charge in [-0.05, 0) is 32.4 Å². The fourth-order valence-electron chi connectivity index (χ4n) is 1.61. The summed E-state index contributed by atoms with van der Waals surface area (Å²) < 4.78 is 5.24. The molecule has 5 heteroatoms. The first-order valence-electron chi connectivity index (χ1n) is 5.46. The minimum absolute atomic E-state index is 0.0423. The van der Waals surface area contributed by atoms with Gasteiger partial charge in [-0.3, -0.25) is 14.9 Å². The molecule has 0 unspecified atom stereocenters. The molecule has 0 radical (unpaired) electrons. The van der Waals surface area contributed by atoms with Crippen LogP contribution in [0.1, 0.15) is 36.7 Å². The highest BCUT2D eigenvalue weighted by Gasteiger charge is 2.22. The van der Waals surface area contributed by atoms with Crippen molar-refractivity contribution in [3.63, 3.8) is 0 Å². The maximum Gasteiger partial charge on any atom is 0.314 e. The summed E-state index contributed by atoms with van der Waals surface area (Å²) in [6.07, 6.45) is 0.484. The Balaban J connectivity index is 3.45. The number of nitro groups is 1. The molecule has 0 saturated heterocycles. The van der Waals surface area contributed by atoms with Crippen LogP contribution in [0.5, 0.6) is 5.75 Å². The molecule has 0 amide bonds. The van der Waals surface area contributed by atoms with Crippen LogP contribution in [0, 0.1) is 10.1 Å². The molecule has 1 aromatic carbocycles. The standard InChI is InChI=1S/C12H15NO4/c1-4-9-6-10(8(3)14)7-11(17-5-2)12(9)13(15)16/h6-7H,4-5H2,1-3H3. The molecule has 92 valence electrons. The highest BCUT2D eigenvalue weighted by Crippen LogP contribution is 2.33. The first kappa shape index (κ1) is 13.2. The monoisotopic (exact) mass is 237 g/mol. The summed E-state index contributed by atoms with van der Waals surface area (Å²) in [7, 11) is 0. The van der Waals surface area contributed by atoms with Gasteiger partial charge < -0.3 is 4.74 Å². The molecular weight excluding hydrogens is 222 g/mol. The minimum atomic E-state index is -0.465. The number of aryl methyl sites for hydroxylation is 1. The molecule has 5 nitrogen and oxygen atoms in total. The first-order valence-corrected chi connectivity index (χ1v) is 5.46. The topological polar surface area (TPSA) is 69.4 Å². The minimum Gasteiger partial charge on any atom is -0.487 e. The summed E-state index contributed by atoms with van der Waals surface area (Å²) in [6.45, 7) is 5.31. The molecule has 0 bridgehead atoms. The normalized spacial score (nSPS) is 10.1. The van der Waals surface area contributed by atoms with Crippen molar-refractivity contribution in [2.75, 3.05) is 6.61 Å². The van der Waals surface area contributed by atoms with Gasteiger partial charge in [-0.1, -0.05) is 6.92 Å². The number of rotatable bonds is 5. The molecule has 17 heavy (non-hydrogen) atoms. The Bertz CT molecular complexity index is 454. The van der Waals surface area contributed by atoms with Crippen molar-refractivity contribution in [1.29, 1.82) is 0 Å². The number of Topliss-reactive ketones (excluding diaryl/α,β-unsaturated/α-hetero) is 1. The smallest absolute Gasteiger partial charge is 0.314 e. The van der Waals surface area contributed by atoms with Gasteiger partial charge in [0.1, 0.15) is 0 Å². The average molecular weight is 237 g/mol. The lowest BCUT2D eigenvalue weighted by atomic mass is 10.0.